The van der Waals surface area contributed by atoms with E-state index in [9.17, 15) is 4.39 Å². The van der Waals surface area contributed by atoms with Crippen molar-refractivity contribution in [3.8, 4) is 17.1 Å². The van der Waals surface area contributed by atoms with Crippen molar-refractivity contribution in [3.05, 3.63) is 67.0 Å². The monoisotopic (exact) mass is 378 g/mol. The van der Waals surface area contributed by atoms with Crippen molar-refractivity contribution in [1.82, 2.24) is 9.97 Å². The third-order valence-corrected chi connectivity index (χ3v) is 4.71. The Morgan fingerprint density at radius 1 is 1.04 bits per heavy atom. The summed E-state index contributed by atoms with van der Waals surface area (Å²) in [4.78, 5) is 9.07. The van der Waals surface area contributed by atoms with E-state index in [4.69, 9.17) is 4.74 Å². The van der Waals surface area contributed by atoms with Crippen LogP contribution >= 0.6 is 0 Å². The Balaban J connectivity index is 1.62. The van der Waals surface area contributed by atoms with Crippen LogP contribution in [0.15, 0.2) is 61.4 Å². The van der Waals surface area contributed by atoms with Gasteiger partial charge in [0, 0.05) is 18.0 Å². The standard InChI is InChI=1S/C24H27FN2O/c1-3-13-28-23-12-11-20-14-22(10-9-21(20)15-23)24-26-16-19(17-27-24)8-6-4-5-7-18(2)25/h3,9-12,14-18H,1,4-8,13H2,2H3. The molecule has 2 aromatic carbocycles. The molecule has 146 valence electrons. The fourth-order valence-electron chi connectivity index (χ4n) is 3.17. The van der Waals surface area contributed by atoms with Gasteiger partial charge >= 0.3 is 0 Å². The molecule has 0 saturated heterocycles. The van der Waals surface area contributed by atoms with E-state index in [1.165, 1.54) is 0 Å². The molecule has 3 rings (SSSR count). The number of fused-ring (bicyclic) bond motifs is 1. The van der Waals surface area contributed by atoms with Crippen LogP contribution in [0.4, 0.5) is 4.39 Å². The van der Waals surface area contributed by atoms with Crippen LogP contribution in [-0.2, 0) is 6.42 Å². The Bertz CT molecular complexity index is 906. The van der Waals surface area contributed by atoms with E-state index in [0.717, 1.165) is 59.2 Å². The quantitative estimate of drug-likeness (QED) is 0.306. The summed E-state index contributed by atoms with van der Waals surface area (Å²) in [6, 6.07) is 12.2. The maximum Gasteiger partial charge on any atom is 0.159 e. The van der Waals surface area contributed by atoms with E-state index >= 15 is 0 Å². The summed E-state index contributed by atoms with van der Waals surface area (Å²) in [5.41, 5.74) is 2.12. The molecule has 3 nitrogen and oxygen atoms in total. The molecule has 0 saturated carbocycles. The van der Waals surface area contributed by atoms with Crippen molar-refractivity contribution in [1.29, 1.82) is 0 Å². The van der Waals surface area contributed by atoms with Gasteiger partial charge in [-0.25, -0.2) is 14.4 Å². The van der Waals surface area contributed by atoms with Crippen LogP contribution in [0.2, 0.25) is 0 Å². The third-order valence-electron chi connectivity index (χ3n) is 4.71. The third kappa shape index (κ3) is 5.62. The number of alkyl halides is 1. The Morgan fingerprint density at radius 2 is 1.79 bits per heavy atom. The van der Waals surface area contributed by atoms with E-state index < -0.39 is 6.17 Å². The molecule has 0 aliphatic heterocycles. The van der Waals surface area contributed by atoms with Gasteiger partial charge in [-0.2, -0.15) is 0 Å². The van der Waals surface area contributed by atoms with E-state index in [2.05, 4.69) is 28.7 Å². The lowest BCUT2D eigenvalue weighted by molar-refractivity contribution is 0.330. The van der Waals surface area contributed by atoms with Gasteiger partial charge in [0.05, 0.1) is 6.17 Å². The summed E-state index contributed by atoms with van der Waals surface area (Å²) < 4.78 is 18.4. The molecule has 0 amide bonds. The fourth-order valence-corrected chi connectivity index (χ4v) is 3.17. The minimum Gasteiger partial charge on any atom is -0.490 e. The van der Waals surface area contributed by atoms with Gasteiger partial charge in [-0.3, -0.25) is 0 Å². The van der Waals surface area contributed by atoms with Crippen molar-refractivity contribution in [2.24, 2.45) is 0 Å². The maximum absolute atomic E-state index is 12.8. The Labute approximate surface area is 166 Å². The number of hydrogen-bond donors (Lipinski definition) is 0. The number of rotatable bonds is 10. The fraction of sp³-hybridized carbons (Fsp3) is 0.333. The first kappa shape index (κ1) is 20.0. The van der Waals surface area contributed by atoms with Gasteiger partial charge in [0.1, 0.15) is 12.4 Å². The average Bonchev–Trinajstić information content (AvgIpc) is 2.71. The van der Waals surface area contributed by atoms with Gasteiger partial charge in [0.2, 0.25) is 0 Å². The lowest BCUT2D eigenvalue weighted by atomic mass is 10.1. The molecule has 1 atom stereocenters. The lowest BCUT2D eigenvalue weighted by Crippen LogP contribution is -1.95. The van der Waals surface area contributed by atoms with E-state index in [1.54, 1.807) is 13.0 Å². The van der Waals surface area contributed by atoms with Gasteiger partial charge in [0.25, 0.3) is 0 Å². The summed E-state index contributed by atoms with van der Waals surface area (Å²) in [6.45, 7) is 5.79. The van der Waals surface area contributed by atoms with Crippen LogP contribution in [0.1, 0.15) is 38.2 Å². The van der Waals surface area contributed by atoms with Crippen molar-refractivity contribution in [3.63, 3.8) is 0 Å². The molecular weight excluding hydrogens is 351 g/mol. The number of aromatic nitrogens is 2. The number of nitrogens with zero attached hydrogens (tertiary/aromatic N) is 2. The lowest BCUT2D eigenvalue weighted by Gasteiger charge is -2.07. The number of benzene rings is 2. The highest BCUT2D eigenvalue weighted by atomic mass is 19.1. The number of halogens is 1. The predicted molar refractivity (Wildman–Crippen MR) is 113 cm³/mol. The first-order valence-electron chi connectivity index (χ1n) is 9.88. The molecule has 0 radical (unpaired) electrons. The molecule has 0 bridgehead atoms. The van der Waals surface area contributed by atoms with E-state index in [1.807, 2.05) is 36.7 Å². The minimum atomic E-state index is -0.698. The summed E-state index contributed by atoms with van der Waals surface area (Å²) in [5, 5.41) is 2.24. The summed E-state index contributed by atoms with van der Waals surface area (Å²) in [5.74, 6) is 1.56. The SMILES string of the molecule is C=CCOc1ccc2cc(-c3ncc(CCCCCC(C)F)cn3)ccc2c1. The largest absolute Gasteiger partial charge is 0.490 e. The molecule has 0 aliphatic carbocycles. The van der Waals surface area contributed by atoms with Crippen molar-refractivity contribution in [2.75, 3.05) is 6.61 Å². The first-order valence-corrected chi connectivity index (χ1v) is 9.88. The molecule has 0 fully saturated rings. The molecular formula is C24H27FN2O. The normalized spacial score (nSPS) is 12.1. The van der Waals surface area contributed by atoms with Gasteiger partial charge in [-0.15, -0.1) is 0 Å². The summed E-state index contributed by atoms with van der Waals surface area (Å²) >= 11 is 0. The number of ether oxygens (including phenoxy) is 1. The van der Waals surface area contributed by atoms with Crippen molar-refractivity contribution >= 4 is 10.8 Å². The topological polar surface area (TPSA) is 35.0 Å². The second-order valence-electron chi connectivity index (χ2n) is 7.12. The maximum atomic E-state index is 12.8. The zero-order chi connectivity index (χ0) is 19.8. The predicted octanol–water partition coefficient (Wildman–Crippen LogP) is 6.32. The highest BCUT2D eigenvalue weighted by molar-refractivity contribution is 5.87. The molecule has 1 aromatic heterocycles. The van der Waals surface area contributed by atoms with Crippen LogP contribution in [0.3, 0.4) is 0 Å². The number of hydrogen-bond acceptors (Lipinski definition) is 3. The molecule has 0 aliphatic rings. The minimum absolute atomic E-state index is 0.499. The molecule has 28 heavy (non-hydrogen) atoms. The molecule has 3 aromatic rings. The Kier molecular flexibility index (Phi) is 7.12. The van der Waals surface area contributed by atoms with E-state index in [0.29, 0.717) is 13.0 Å². The van der Waals surface area contributed by atoms with Crippen LogP contribution in [-0.4, -0.2) is 22.7 Å². The number of aryl methyl sites for hydroxylation is 1. The Hall–Kier alpha value is -2.75. The molecule has 0 N–H and O–H groups in total. The van der Waals surface area contributed by atoms with Crippen LogP contribution in [0.25, 0.3) is 22.2 Å². The zero-order valence-corrected chi connectivity index (χ0v) is 16.4. The van der Waals surface area contributed by atoms with Crippen LogP contribution in [0.5, 0.6) is 5.75 Å². The Morgan fingerprint density at radius 3 is 2.54 bits per heavy atom. The van der Waals surface area contributed by atoms with Crippen LogP contribution < -0.4 is 4.74 Å². The van der Waals surface area contributed by atoms with Crippen molar-refractivity contribution < 1.29 is 9.13 Å². The summed E-state index contributed by atoms with van der Waals surface area (Å²) in [6.07, 6.45) is 9.45. The van der Waals surface area contributed by atoms with Gasteiger partial charge in [-0.1, -0.05) is 43.7 Å². The highest BCUT2D eigenvalue weighted by Gasteiger charge is 2.05. The first-order chi connectivity index (χ1) is 13.7. The highest BCUT2D eigenvalue weighted by Crippen LogP contribution is 2.25. The average molecular weight is 378 g/mol. The van der Waals surface area contributed by atoms with Gasteiger partial charge < -0.3 is 4.74 Å². The second-order valence-corrected chi connectivity index (χ2v) is 7.12. The van der Waals surface area contributed by atoms with Crippen molar-refractivity contribution in [2.45, 2.75) is 45.2 Å². The van der Waals surface area contributed by atoms with Gasteiger partial charge in [-0.05, 0) is 60.7 Å². The molecule has 0 spiro atoms. The van der Waals surface area contributed by atoms with E-state index in [-0.39, 0.29) is 0 Å². The number of unbranched alkanes of at least 4 members (excludes halogenated alkanes) is 2. The molecule has 4 heteroatoms. The van der Waals surface area contributed by atoms with Gasteiger partial charge in [0.15, 0.2) is 5.82 Å². The molecule has 1 heterocycles. The zero-order valence-electron chi connectivity index (χ0n) is 16.4. The smallest absolute Gasteiger partial charge is 0.159 e. The van der Waals surface area contributed by atoms with Crippen LogP contribution in [0, 0.1) is 0 Å². The summed E-state index contributed by atoms with van der Waals surface area (Å²) in [7, 11) is 0. The second kappa shape index (κ2) is 9.98. The molecule has 1 unspecified atom stereocenters.